The van der Waals surface area contributed by atoms with Crippen molar-refractivity contribution in [3.8, 4) is 0 Å². The summed E-state index contributed by atoms with van der Waals surface area (Å²) in [4.78, 5) is 0. The molecule has 0 amide bonds. The first-order valence-corrected chi connectivity index (χ1v) is 4.36. The third-order valence-electron chi connectivity index (χ3n) is 1.30. The van der Waals surface area contributed by atoms with Crippen LogP contribution in [0.3, 0.4) is 0 Å². The van der Waals surface area contributed by atoms with Crippen LogP contribution in [-0.2, 0) is 0 Å². The molecule has 1 rings (SSSR count). The average Bonchev–Trinajstić information content (AvgIpc) is 2.06. The molecule has 0 atom stereocenters. The van der Waals surface area contributed by atoms with Crippen LogP contribution in [0, 0.1) is 5.53 Å². The van der Waals surface area contributed by atoms with Gasteiger partial charge in [0.25, 0.3) is 0 Å². The minimum Gasteiger partial charge on any atom is -0.204 e. The molecule has 0 aliphatic carbocycles. The molecule has 0 heterocycles. The Morgan fingerprint density at radius 1 is 1.36 bits per heavy atom. The Bertz CT molecular complexity index is 281. The van der Waals surface area contributed by atoms with Crippen molar-refractivity contribution in [2.75, 3.05) is 0 Å². The summed E-state index contributed by atoms with van der Waals surface area (Å²) in [6, 6.07) is 7.56. The Kier molecular flexibility index (Phi) is 3.22. The van der Waals surface area contributed by atoms with Gasteiger partial charge in [-0.1, -0.05) is 40.8 Å². The van der Waals surface area contributed by atoms with Crippen LogP contribution in [0.15, 0.2) is 33.5 Å². The largest absolute Gasteiger partial charge is 0.204 e. The lowest BCUT2D eigenvalue weighted by Crippen LogP contribution is -1.70. The number of para-hydroxylation sites is 1. The van der Waals surface area contributed by atoms with Crippen LogP contribution in [0.25, 0.3) is 6.08 Å². The van der Waals surface area contributed by atoms with Crippen molar-refractivity contribution in [1.82, 2.24) is 0 Å². The summed E-state index contributed by atoms with van der Waals surface area (Å²) >= 11 is 2.14. The molecule has 3 heteroatoms. The lowest BCUT2D eigenvalue weighted by molar-refractivity contribution is 1.14. The fourth-order valence-corrected chi connectivity index (χ4v) is 1.19. The van der Waals surface area contributed by atoms with Gasteiger partial charge in [-0.15, -0.1) is 0 Å². The van der Waals surface area contributed by atoms with Gasteiger partial charge < -0.3 is 0 Å². The zero-order valence-electron chi connectivity index (χ0n) is 5.79. The second kappa shape index (κ2) is 4.23. The number of hydrogen-bond donors (Lipinski definition) is 1. The van der Waals surface area contributed by atoms with E-state index in [0.29, 0.717) is 5.69 Å². The van der Waals surface area contributed by atoms with Crippen LogP contribution in [-0.4, -0.2) is 0 Å². The van der Waals surface area contributed by atoms with Gasteiger partial charge in [-0.05, 0) is 16.2 Å². The molecule has 1 aromatic carbocycles. The number of nitrogens with one attached hydrogen (secondary N) is 1. The van der Waals surface area contributed by atoms with Gasteiger partial charge >= 0.3 is 0 Å². The van der Waals surface area contributed by atoms with Crippen LogP contribution >= 0.6 is 22.6 Å². The topological polar surface area (TPSA) is 36.2 Å². The Hall–Kier alpha value is -0.710. The molecule has 1 N–H and O–H groups in total. The van der Waals surface area contributed by atoms with Gasteiger partial charge in [-0.3, -0.25) is 0 Å². The Morgan fingerprint density at radius 2 is 2.09 bits per heavy atom. The molecule has 0 spiro atoms. The maximum atomic E-state index is 6.85. The van der Waals surface area contributed by atoms with Gasteiger partial charge in [-0.25, -0.2) is 5.53 Å². The van der Waals surface area contributed by atoms with Crippen molar-refractivity contribution < 1.29 is 0 Å². The van der Waals surface area contributed by atoms with Gasteiger partial charge in [0.2, 0.25) is 0 Å². The SMILES string of the molecule is N=Nc1ccccc1/C=C\I. The molecule has 1 aromatic rings. The first-order valence-electron chi connectivity index (χ1n) is 3.11. The van der Waals surface area contributed by atoms with Gasteiger partial charge in [-0.2, -0.15) is 5.11 Å². The molecule has 0 bridgehead atoms. The molecule has 0 saturated carbocycles. The summed E-state index contributed by atoms with van der Waals surface area (Å²) in [7, 11) is 0. The standard InChI is InChI=1S/C8H7IN2/c9-6-5-7-3-1-2-4-8(7)11-10/h1-6,10H/b6-5-,11-10?. The van der Waals surface area contributed by atoms with E-state index in [0.717, 1.165) is 5.56 Å². The molecule has 0 radical (unpaired) electrons. The minimum absolute atomic E-state index is 0.709. The van der Waals surface area contributed by atoms with Crippen molar-refractivity contribution in [1.29, 1.82) is 5.53 Å². The van der Waals surface area contributed by atoms with E-state index in [9.17, 15) is 0 Å². The van der Waals surface area contributed by atoms with Crippen molar-refractivity contribution in [3.05, 3.63) is 33.9 Å². The highest BCUT2D eigenvalue weighted by Gasteiger charge is 1.93. The molecular formula is C8H7IN2. The Balaban J connectivity index is 3.11. The zero-order chi connectivity index (χ0) is 8.10. The number of benzene rings is 1. The van der Waals surface area contributed by atoms with Crippen molar-refractivity contribution >= 4 is 34.4 Å². The van der Waals surface area contributed by atoms with Crippen LogP contribution in [0.2, 0.25) is 0 Å². The van der Waals surface area contributed by atoms with E-state index >= 15 is 0 Å². The normalized spacial score (nSPS) is 10.3. The number of halogens is 1. The number of rotatable bonds is 2. The summed E-state index contributed by atoms with van der Waals surface area (Å²) in [5.41, 5.74) is 8.54. The first kappa shape index (κ1) is 8.39. The van der Waals surface area contributed by atoms with E-state index in [1.807, 2.05) is 34.4 Å². The molecule has 0 aromatic heterocycles. The second-order valence-corrected chi connectivity index (χ2v) is 2.68. The molecule has 11 heavy (non-hydrogen) atoms. The summed E-state index contributed by atoms with van der Waals surface area (Å²) in [5.74, 6) is 0. The predicted molar refractivity (Wildman–Crippen MR) is 54.3 cm³/mol. The van der Waals surface area contributed by atoms with Gasteiger partial charge in [0.1, 0.15) is 0 Å². The second-order valence-electron chi connectivity index (χ2n) is 1.96. The minimum atomic E-state index is 0.709. The molecule has 0 aliphatic rings. The fourth-order valence-electron chi connectivity index (χ4n) is 0.798. The lowest BCUT2D eigenvalue weighted by Gasteiger charge is -1.95. The molecule has 2 nitrogen and oxygen atoms in total. The van der Waals surface area contributed by atoms with E-state index in [1.165, 1.54) is 0 Å². The molecular weight excluding hydrogens is 251 g/mol. The van der Waals surface area contributed by atoms with E-state index in [1.54, 1.807) is 0 Å². The number of nitrogens with zero attached hydrogens (tertiary/aromatic N) is 1. The van der Waals surface area contributed by atoms with Crippen LogP contribution < -0.4 is 0 Å². The zero-order valence-corrected chi connectivity index (χ0v) is 7.95. The quantitative estimate of drug-likeness (QED) is 0.619. The number of hydrogen-bond acceptors (Lipinski definition) is 2. The monoisotopic (exact) mass is 258 g/mol. The Labute approximate surface area is 79.0 Å². The smallest absolute Gasteiger partial charge is 0.0922 e. The summed E-state index contributed by atoms with van der Waals surface area (Å²) in [6.45, 7) is 0. The van der Waals surface area contributed by atoms with E-state index in [4.69, 9.17) is 5.53 Å². The third kappa shape index (κ3) is 2.11. The molecule has 0 unspecified atom stereocenters. The highest BCUT2D eigenvalue weighted by Crippen LogP contribution is 2.19. The van der Waals surface area contributed by atoms with E-state index < -0.39 is 0 Å². The summed E-state index contributed by atoms with van der Waals surface area (Å²) < 4.78 is 1.90. The Morgan fingerprint density at radius 3 is 2.73 bits per heavy atom. The maximum absolute atomic E-state index is 6.85. The van der Waals surface area contributed by atoms with Crippen molar-refractivity contribution in [2.24, 2.45) is 5.11 Å². The van der Waals surface area contributed by atoms with E-state index in [2.05, 4.69) is 27.7 Å². The van der Waals surface area contributed by atoms with Crippen LogP contribution in [0.5, 0.6) is 0 Å². The summed E-state index contributed by atoms with van der Waals surface area (Å²) in [5, 5.41) is 3.38. The van der Waals surface area contributed by atoms with Crippen molar-refractivity contribution in [3.63, 3.8) is 0 Å². The third-order valence-corrected chi connectivity index (χ3v) is 1.66. The highest BCUT2D eigenvalue weighted by atomic mass is 127. The van der Waals surface area contributed by atoms with Crippen LogP contribution in [0.4, 0.5) is 5.69 Å². The molecule has 0 aliphatic heterocycles. The van der Waals surface area contributed by atoms with E-state index in [-0.39, 0.29) is 0 Å². The first-order chi connectivity index (χ1) is 5.38. The maximum Gasteiger partial charge on any atom is 0.0922 e. The van der Waals surface area contributed by atoms with Crippen molar-refractivity contribution in [2.45, 2.75) is 0 Å². The predicted octanol–water partition coefficient (Wildman–Crippen LogP) is 3.75. The molecule has 56 valence electrons. The average molecular weight is 258 g/mol. The molecule has 0 saturated heterocycles. The summed E-state index contributed by atoms with van der Waals surface area (Å²) in [6.07, 6.45) is 1.92. The van der Waals surface area contributed by atoms with Gasteiger partial charge in [0, 0.05) is 5.56 Å². The van der Waals surface area contributed by atoms with Crippen LogP contribution in [0.1, 0.15) is 5.56 Å². The highest BCUT2D eigenvalue weighted by molar-refractivity contribution is 14.1. The van der Waals surface area contributed by atoms with Gasteiger partial charge in [0.05, 0.1) is 5.69 Å². The van der Waals surface area contributed by atoms with Gasteiger partial charge in [0.15, 0.2) is 0 Å². The fraction of sp³-hybridized carbons (Fsp3) is 0. The lowest BCUT2D eigenvalue weighted by atomic mass is 10.2. The molecule has 0 fully saturated rings.